The van der Waals surface area contributed by atoms with Crippen LogP contribution in [0.2, 0.25) is 0 Å². The Balaban J connectivity index is 1.67. The maximum absolute atomic E-state index is 11.3. The van der Waals surface area contributed by atoms with E-state index >= 15 is 0 Å². The van der Waals surface area contributed by atoms with Crippen molar-refractivity contribution in [1.29, 1.82) is 0 Å². The fraction of sp³-hybridized carbons (Fsp3) is 0.538. The van der Waals surface area contributed by atoms with Crippen LogP contribution in [0.25, 0.3) is 0 Å². The van der Waals surface area contributed by atoms with Crippen LogP contribution in [0.4, 0.5) is 0 Å². The zero-order valence-corrected chi connectivity index (χ0v) is 10.3. The predicted molar refractivity (Wildman–Crippen MR) is 63.7 cm³/mol. The molecule has 2 unspecified atom stereocenters. The lowest BCUT2D eigenvalue weighted by Gasteiger charge is -2.29. The summed E-state index contributed by atoms with van der Waals surface area (Å²) in [5.41, 5.74) is -0.569. The van der Waals surface area contributed by atoms with Gasteiger partial charge in [-0.25, -0.2) is 4.79 Å². The Morgan fingerprint density at radius 1 is 1.42 bits per heavy atom. The third-order valence-electron chi connectivity index (χ3n) is 4.21. The van der Waals surface area contributed by atoms with Gasteiger partial charge in [0.2, 0.25) is 5.76 Å². The summed E-state index contributed by atoms with van der Waals surface area (Å²) in [5, 5.41) is 18.1. The first kappa shape index (κ1) is 12.2. The lowest BCUT2D eigenvalue weighted by atomic mass is 9.97. The fourth-order valence-electron chi connectivity index (χ4n) is 3.03. The maximum Gasteiger partial charge on any atom is 0.371 e. The van der Waals surface area contributed by atoms with E-state index in [-0.39, 0.29) is 5.76 Å². The number of nitrogens with zero attached hydrogens (tertiary/aromatic N) is 1. The molecule has 2 heterocycles. The molecule has 1 aliphatic carbocycles. The van der Waals surface area contributed by atoms with Crippen molar-refractivity contribution in [2.45, 2.75) is 19.4 Å². The summed E-state index contributed by atoms with van der Waals surface area (Å²) in [4.78, 5) is 24.0. The number of likely N-dealkylation sites (tertiary alicyclic amines) is 1. The number of aliphatic carboxylic acids is 1. The SMILES string of the molecule is O=C(O)c1ccc(CN2CCC3CC3(C(=O)O)C2)o1. The number of carboxylic acids is 2. The van der Waals surface area contributed by atoms with Crippen LogP contribution in [0.1, 0.15) is 29.2 Å². The van der Waals surface area contributed by atoms with Gasteiger partial charge in [0.05, 0.1) is 12.0 Å². The van der Waals surface area contributed by atoms with Crippen molar-refractivity contribution in [1.82, 2.24) is 4.90 Å². The Labute approximate surface area is 109 Å². The Kier molecular flexibility index (Phi) is 2.63. The molecule has 0 radical (unpaired) electrons. The predicted octanol–water partition coefficient (Wildman–Crippen LogP) is 1.27. The molecule has 102 valence electrons. The van der Waals surface area contributed by atoms with E-state index < -0.39 is 17.4 Å². The first-order valence-corrected chi connectivity index (χ1v) is 6.29. The molecule has 1 saturated heterocycles. The number of hydrogen-bond donors (Lipinski definition) is 2. The molecule has 0 bridgehead atoms. The summed E-state index contributed by atoms with van der Waals surface area (Å²) >= 11 is 0. The highest BCUT2D eigenvalue weighted by Crippen LogP contribution is 2.57. The average Bonchev–Trinajstić information content (AvgIpc) is 2.91. The maximum atomic E-state index is 11.3. The molecule has 6 heteroatoms. The Hall–Kier alpha value is -1.82. The second-order valence-electron chi connectivity index (χ2n) is 5.43. The van der Waals surface area contributed by atoms with Gasteiger partial charge in [0.25, 0.3) is 0 Å². The Morgan fingerprint density at radius 2 is 2.21 bits per heavy atom. The number of piperidine rings is 1. The number of rotatable bonds is 4. The van der Waals surface area contributed by atoms with E-state index in [0.717, 1.165) is 19.4 Å². The van der Waals surface area contributed by atoms with Crippen LogP contribution < -0.4 is 0 Å². The first-order valence-electron chi connectivity index (χ1n) is 6.29. The first-order chi connectivity index (χ1) is 9.01. The van der Waals surface area contributed by atoms with Crippen molar-refractivity contribution in [3.63, 3.8) is 0 Å². The summed E-state index contributed by atoms with van der Waals surface area (Å²) in [6, 6.07) is 3.06. The van der Waals surface area contributed by atoms with Crippen molar-refractivity contribution in [3.05, 3.63) is 23.7 Å². The zero-order chi connectivity index (χ0) is 13.6. The molecule has 0 aromatic carbocycles. The van der Waals surface area contributed by atoms with Gasteiger partial charge in [-0.15, -0.1) is 0 Å². The van der Waals surface area contributed by atoms with E-state index in [2.05, 4.69) is 0 Å². The van der Waals surface area contributed by atoms with Crippen LogP contribution in [-0.4, -0.2) is 40.1 Å². The van der Waals surface area contributed by atoms with Crippen LogP contribution >= 0.6 is 0 Å². The quantitative estimate of drug-likeness (QED) is 0.852. The van der Waals surface area contributed by atoms with Crippen LogP contribution in [0.5, 0.6) is 0 Å². The Bertz CT molecular complexity index is 537. The molecule has 0 amide bonds. The topological polar surface area (TPSA) is 91.0 Å². The van der Waals surface area contributed by atoms with Gasteiger partial charge in [-0.1, -0.05) is 0 Å². The monoisotopic (exact) mass is 265 g/mol. The average molecular weight is 265 g/mol. The summed E-state index contributed by atoms with van der Waals surface area (Å²) < 4.78 is 5.20. The molecular weight excluding hydrogens is 250 g/mol. The van der Waals surface area contributed by atoms with Crippen molar-refractivity contribution in [3.8, 4) is 0 Å². The number of fused-ring (bicyclic) bond motifs is 1. The largest absolute Gasteiger partial charge is 0.481 e. The number of aromatic carboxylic acids is 1. The van der Waals surface area contributed by atoms with Gasteiger partial charge >= 0.3 is 11.9 Å². The molecule has 1 saturated carbocycles. The van der Waals surface area contributed by atoms with Crippen molar-refractivity contribution >= 4 is 11.9 Å². The van der Waals surface area contributed by atoms with Crippen molar-refractivity contribution in [2.75, 3.05) is 13.1 Å². The second-order valence-corrected chi connectivity index (χ2v) is 5.43. The minimum absolute atomic E-state index is 0.0794. The number of hydrogen-bond acceptors (Lipinski definition) is 4. The smallest absolute Gasteiger partial charge is 0.371 e. The van der Waals surface area contributed by atoms with Gasteiger partial charge in [-0.2, -0.15) is 0 Å². The molecule has 1 aliphatic heterocycles. The van der Waals surface area contributed by atoms with Gasteiger partial charge in [-0.3, -0.25) is 9.69 Å². The van der Waals surface area contributed by atoms with Gasteiger partial charge in [0.1, 0.15) is 5.76 Å². The minimum atomic E-state index is -1.09. The van der Waals surface area contributed by atoms with Gasteiger partial charge in [0, 0.05) is 6.54 Å². The molecule has 2 atom stereocenters. The summed E-state index contributed by atoms with van der Waals surface area (Å²) in [7, 11) is 0. The lowest BCUT2D eigenvalue weighted by molar-refractivity contribution is -0.145. The molecule has 2 fully saturated rings. The van der Waals surface area contributed by atoms with Crippen LogP contribution in [-0.2, 0) is 11.3 Å². The van der Waals surface area contributed by atoms with E-state index in [1.807, 2.05) is 4.90 Å². The minimum Gasteiger partial charge on any atom is -0.481 e. The van der Waals surface area contributed by atoms with Crippen LogP contribution in [0.3, 0.4) is 0 Å². The van der Waals surface area contributed by atoms with Crippen LogP contribution in [0.15, 0.2) is 16.5 Å². The molecule has 3 rings (SSSR count). The number of carboxylic acid groups (broad SMARTS) is 2. The standard InChI is InChI=1S/C13H15NO5/c15-11(16)10-2-1-9(19-10)6-14-4-3-8-5-13(8,7-14)12(17)18/h1-2,8H,3-7H2,(H,15,16)(H,17,18). The van der Waals surface area contributed by atoms with Gasteiger partial charge < -0.3 is 14.6 Å². The van der Waals surface area contributed by atoms with E-state index in [0.29, 0.717) is 24.8 Å². The Morgan fingerprint density at radius 3 is 2.84 bits per heavy atom. The summed E-state index contributed by atoms with van der Waals surface area (Å²) in [6.07, 6.45) is 1.65. The number of carbonyl (C=O) groups is 2. The van der Waals surface area contributed by atoms with E-state index in [1.54, 1.807) is 6.07 Å². The molecule has 1 aromatic rings. The van der Waals surface area contributed by atoms with Crippen LogP contribution in [0, 0.1) is 11.3 Å². The van der Waals surface area contributed by atoms with E-state index in [1.165, 1.54) is 6.07 Å². The van der Waals surface area contributed by atoms with E-state index in [9.17, 15) is 14.7 Å². The molecular formula is C13H15NO5. The second kappa shape index (κ2) is 4.09. The van der Waals surface area contributed by atoms with Gasteiger partial charge in [0.15, 0.2) is 0 Å². The van der Waals surface area contributed by atoms with Crippen molar-refractivity contribution in [2.24, 2.45) is 11.3 Å². The molecule has 6 nitrogen and oxygen atoms in total. The molecule has 2 aliphatic rings. The summed E-state index contributed by atoms with van der Waals surface area (Å²) in [6.45, 7) is 1.83. The molecule has 19 heavy (non-hydrogen) atoms. The third kappa shape index (κ3) is 2.02. The summed E-state index contributed by atoms with van der Waals surface area (Å²) in [5.74, 6) is -1.00. The van der Waals surface area contributed by atoms with Gasteiger partial charge in [-0.05, 0) is 37.4 Å². The fourth-order valence-corrected chi connectivity index (χ4v) is 3.03. The molecule has 1 aromatic heterocycles. The zero-order valence-electron chi connectivity index (χ0n) is 10.3. The number of furan rings is 1. The van der Waals surface area contributed by atoms with E-state index in [4.69, 9.17) is 9.52 Å². The molecule has 0 spiro atoms. The highest BCUT2D eigenvalue weighted by molar-refractivity contribution is 5.84. The van der Waals surface area contributed by atoms with Crippen molar-refractivity contribution < 1.29 is 24.2 Å². The highest BCUT2D eigenvalue weighted by Gasteiger charge is 2.62. The molecule has 2 N–H and O–H groups in total. The third-order valence-corrected chi connectivity index (χ3v) is 4.21. The normalized spacial score (nSPS) is 29.8. The lowest BCUT2D eigenvalue weighted by Crippen LogP contribution is -2.40. The highest BCUT2D eigenvalue weighted by atomic mass is 16.4.